The van der Waals surface area contributed by atoms with E-state index in [1.54, 1.807) is 0 Å². The number of sulfonamides is 1. The Bertz CT molecular complexity index is 694. The Hall–Kier alpha value is -1.32. The topological polar surface area (TPSA) is 52.7 Å². The number of rotatable bonds is 3. The summed E-state index contributed by atoms with van der Waals surface area (Å²) in [5.41, 5.74) is 0. The molecule has 1 aliphatic heterocycles. The summed E-state index contributed by atoms with van der Waals surface area (Å²) in [5.74, 6) is -2.14. The smallest absolute Gasteiger partial charge is 0.249 e. The quantitative estimate of drug-likeness (QED) is 0.823. The normalized spacial score (nSPS) is 19.7. The first-order valence-corrected chi connectivity index (χ1v) is 9.24. The molecule has 0 radical (unpaired) electrons. The van der Waals surface area contributed by atoms with Crippen LogP contribution >= 0.6 is 12.2 Å². The van der Waals surface area contributed by atoms with E-state index in [1.165, 1.54) is 0 Å². The van der Waals surface area contributed by atoms with Crippen molar-refractivity contribution in [3.63, 3.8) is 0 Å². The average Bonchev–Trinajstić information content (AvgIpc) is 3.31. The molecule has 9 heteroatoms. The number of thiocarbonyl (C=S) groups is 1. The van der Waals surface area contributed by atoms with Crippen molar-refractivity contribution in [2.75, 3.05) is 26.2 Å². The lowest BCUT2D eigenvalue weighted by Crippen LogP contribution is -2.53. The molecule has 0 bridgehead atoms. The van der Waals surface area contributed by atoms with Crippen molar-refractivity contribution in [2.24, 2.45) is 0 Å². The second-order valence-electron chi connectivity index (χ2n) is 5.67. The Balaban J connectivity index is 1.70. The van der Waals surface area contributed by atoms with Gasteiger partial charge in [0.25, 0.3) is 0 Å². The summed E-state index contributed by atoms with van der Waals surface area (Å²) >= 11 is 5.28. The van der Waals surface area contributed by atoms with Gasteiger partial charge in [0.15, 0.2) is 10.0 Å². The number of benzene rings is 1. The maximum Gasteiger partial charge on any atom is 0.249 e. The molecule has 0 amide bonds. The first-order chi connectivity index (χ1) is 10.9. The molecule has 0 spiro atoms. The Kier molecular flexibility index (Phi) is 4.52. The van der Waals surface area contributed by atoms with Crippen LogP contribution in [0.1, 0.15) is 12.8 Å². The van der Waals surface area contributed by atoms with Gasteiger partial charge in [0.1, 0.15) is 11.6 Å². The number of nitrogens with zero attached hydrogens (tertiary/aromatic N) is 2. The molecule has 0 atom stereocenters. The summed E-state index contributed by atoms with van der Waals surface area (Å²) in [5, 5.41) is 3.81. The van der Waals surface area contributed by atoms with Gasteiger partial charge in [-0.3, -0.25) is 0 Å². The maximum absolute atomic E-state index is 13.8. The van der Waals surface area contributed by atoms with Crippen molar-refractivity contribution in [3.05, 3.63) is 29.8 Å². The van der Waals surface area contributed by atoms with Gasteiger partial charge >= 0.3 is 0 Å². The first-order valence-electron chi connectivity index (χ1n) is 7.39. The van der Waals surface area contributed by atoms with Crippen molar-refractivity contribution in [2.45, 2.75) is 23.8 Å². The van der Waals surface area contributed by atoms with Gasteiger partial charge in [-0.1, -0.05) is 6.07 Å². The SMILES string of the molecule is O=S(=O)(c1c(F)cccc1F)N1CCN(C(=S)NC2CC2)CC1. The first kappa shape index (κ1) is 16.5. The molecular weight excluding hydrogens is 344 g/mol. The third-order valence-corrected chi connectivity index (χ3v) is 6.27. The summed E-state index contributed by atoms with van der Waals surface area (Å²) in [4.78, 5) is 1.00. The highest BCUT2D eigenvalue weighted by atomic mass is 32.2. The summed E-state index contributed by atoms with van der Waals surface area (Å²) in [6.07, 6.45) is 2.20. The fourth-order valence-electron chi connectivity index (χ4n) is 2.48. The predicted molar refractivity (Wildman–Crippen MR) is 85.4 cm³/mol. The van der Waals surface area contributed by atoms with Gasteiger partial charge in [0.05, 0.1) is 0 Å². The Morgan fingerprint density at radius 2 is 1.70 bits per heavy atom. The van der Waals surface area contributed by atoms with Crippen LogP contribution in [-0.4, -0.2) is 55.0 Å². The van der Waals surface area contributed by atoms with E-state index in [9.17, 15) is 17.2 Å². The van der Waals surface area contributed by atoms with E-state index in [0.29, 0.717) is 24.2 Å². The van der Waals surface area contributed by atoms with Crippen LogP contribution in [0, 0.1) is 11.6 Å². The van der Waals surface area contributed by atoms with Crippen LogP contribution in [0.3, 0.4) is 0 Å². The molecular formula is C14H17F2N3O2S2. The van der Waals surface area contributed by atoms with Crippen molar-refractivity contribution in [1.29, 1.82) is 0 Å². The minimum atomic E-state index is -4.19. The van der Waals surface area contributed by atoms with Gasteiger partial charge in [-0.05, 0) is 37.2 Å². The summed E-state index contributed by atoms with van der Waals surface area (Å²) in [6, 6.07) is 3.46. The van der Waals surface area contributed by atoms with E-state index in [1.807, 2.05) is 4.90 Å². The highest BCUT2D eigenvalue weighted by Crippen LogP contribution is 2.24. The zero-order valence-electron chi connectivity index (χ0n) is 12.3. The van der Waals surface area contributed by atoms with Crippen molar-refractivity contribution >= 4 is 27.4 Å². The van der Waals surface area contributed by atoms with Gasteiger partial charge in [-0.15, -0.1) is 0 Å². The van der Waals surface area contributed by atoms with Crippen LogP contribution in [-0.2, 0) is 10.0 Å². The van der Waals surface area contributed by atoms with Crippen LogP contribution < -0.4 is 5.32 Å². The molecule has 0 aromatic heterocycles. The minimum absolute atomic E-state index is 0.141. The molecule has 5 nitrogen and oxygen atoms in total. The molecule has 1 aromatic rings. The number of hydrogen-bond acceptors (Lipinski definition) is 3. The summed E-state index contributed by atoms with van der Waals surface area (Å²) in [7, 11) is -4.19. The average molecular weight is 361 g/mol. The number of hydrogen-bond donors (Lipinski definition) is 1. The van der Waals surface area contributed by atoms with Crippen LogP contribution in [0.15, 0.2) is 23.1 Å². The minimum Gasteiger partial charge on any atom is -0.360 e. The molecule has 1 N–H and O–H groups in total. The number of halogens is 2. The highest BCUT2D eigenvalue weighted by molar-refractivity contribution is 7.89. The molecule has 2 fully saturated rings. The molecule has 1 heterocycles. The van der Waals surface area contributed by atoms with E-state index >= 15 is 0 Å². The largest absolute Gasteiger partial charge is 0.360 e. The fourth-order valence-corrected chi connectivity index (χ4v) is 4.36. The van der Waals surface area contributed by atoms with Crippen molar-refractivity contribution in [3.8, 4) is 0 Å². The Morgan fingerprint density at radius 1 is 1.13 bits per heavy atom. The molecule has 1 saturated heterocycles. The Labute approximate surface area is 139 Å². The third-order valence-electron chi connectivity index (χ3n) is 3.95. The monoisotopic (exact) mass is 361 g/mol. The zero-order chi connectivity index (χ0) is 16.6. The molecule has 1 aromatic carbocycles. The predicted octanol–water partition coefficient (Wildman–Crippen LogP) is 1.31. The van der Waals surface area contributed by atoms with Crippen molar-refractivity contribution in [1.82, 2.24) is 14.5 Å². The molecule has 23 heavy (non-hydrogen) atoms. The van der Waals surface area contributed by atoms with E-state index in [-0.39, 0.29) is 13.1 Å². The standard InChI is InChI=1S/C14H17F2N3O2S2/c15-11-2-1-3-12(16)13(11)23(20,21)19-8-6-18(7-9-19)14(22)17-10-4-5-10/h1-3,10H,4-9H2,(H,17,22). The van der Waals surface area contributed by atoms with Crippen LogP contribution in [0.5, 0.6) is 0 Å². The summed E-state index contributed by atoms with van der Waals surface area (Å²) in [6.45, 7) is 1.08. The molecule has 1 aliphatic carbocycles. The molecule has 126 valence electrons. The van der Waals surface area contributed by atoms with E-state index < -0.39 is 26.6 Å². The summed E-state index contributed by atoms with van der Waals surface area (Å²) < 4.78 is 53.6. The molecule has 1 saturated carbocycles. The Morgan fingerprint density at radius 3 is 2.22 bits per heavy atom. The van der Waals surface area contributed by atoms with Gasteiger partial charge in [0.2, 0.25) is 10.0 Å². The number of nitrogens with one attached hydrogen (secondary N) is 1. The number of piperazine rings is 1. The fraction of sp³-hybridized carbons (Fsp3) is 0.500. The molecule has 0 unspecified atom stereocenters. The van der Waals surface area contributed by atoms with Crippen LogP contribution in [0.4, 0.5) is 8.78 Å². The maximum atomic E-state index is 13.8. The van der Waals surface area contributed by atoms with Gasteiger partial charge in [-0.2, -0.15) is 4.31 Å². The third kappa shape index (κ3) is 3.46. The van der Waals surface area contributed by atoms with Gasteiger partial charge in [0, 0.05) is 32.2 Å². The van der Waals surface area contributed by atoms with E-state index in [2.05, 4.69) is 5.32 Å². The molecule has 3 rings (SSSR count). The van der Waals surface area contributed by atoms with Crippen LogP contribution in [0.25, 0.3) is 0 Å². The lowest BCUT2D eigenvalue weighted by molar-refractivity contribution is 0.262. The highest BCUT2D eigenvalue weighted by Gasteiger charge is 2.34. The molecule has 2 aliphatic rings. The van der Waals surface area contributed by atoms with E-state index in [0.717, 1.165) is 35.3 Å². The lowest BCUT2D eigenvalue weighted by Gasteiger charge is -2.35. The van der Waals surface area contributed by atoms with Gasteiger partial charge < -0.3 is 10.2 Å². The van der Waals surface area contributed by atoms with E-state index in [4.69, 9.17) is 12.2 Å². The second-order valence-corrected chi connectivity index (χ2v) is 7.93. The van der Waals surface area contributed by atoms with Gasteiger partial charge in [-0.25, -0.2) is 17.2 Å². The second kappa shape index (κ2) is 6.29. The lowest BCUT2D eigenvalue weighted by atomic mass is 10.3. The zero-order valence-corrected chi connectivity index (χ0v) is 14.0. The van der Waals surface area contributed by atoms with Crippen LogP contribution in [0.2, 0.25) is 0 Å². The van der Waals surface area contributed by atoms with Crippen molar-refractivity contribution < 1.29 is 17.2 Å².